The molecule has 0 unspecified atom stereocenters. The predicted molar refractivity (Wildman–Crippen MR) is 139 cm³/mol. The number of nitrogens with zero attached hydrogens (tertiary/aromatic N) is 1. The Morgan fingerprint density at radius 1 is 1.00 bits per heavy atom. The number of allylic oxidation sites excluding steroid dienone is 1. The molecule has 0 aromatic heterocycles. The summed E-state index contributed by atoms with van der Waals surface area (Å²) >= 11 is 0. The number of hydrogen-bond acceptors (Lipinski definition) is 3. The molecule has 0 amide bonds. The summed E-state index contributed by atoms with van der Waals surface area (Å²) in [7, 11) is 0. The summed E-state index contributed by atoms with van der Waals surface area (Å²) in [5, 5.41) is 13.1. The van der Waals surface area contributed by atoms with E-state index in [0.717, 1.165) is 39.3 Å². The van der Waals surface area contributed by atoms with Gasteiger partial charge in [-0.25, -0.2) is 0 Å². The second-order valence-corrected chi connectivity index (χ2v) is 7.86. The lowest BCUT2D eigenvalue weighted by molar-refractivity contribution is -0.136. The third-order valence-corrected chi connectivity index (χ3v) is 5.32. The Balaban J connectivity index is 2.66. The van der Waals surface area contributed by atoms with Crippen LogP contribution in [0.15, 0.2) is 72.4 Å². The van der Waals surface area contributed by atoms with E-state index in [9.17, 15) is 9.90 Å². The highest BCUT2D eigenvalue weighted by Gasteiger charge is 2.16. The molecule has 0 heterocycles. The molecular formula is C28H32N2O2. The molecule has 0 aliphatic rings. The summed E-state index contributed by atoms with van der Waals surface area (Å²) < 4.78 is 0. The molecule has 2 rings (SSSR count). The van der Waals surface area contributed by atoms with E-state index in [1.54, 1.807) is 18.2 Å². The van der Waals surface area contributed by atoms with Crippen molar-refractivity contribution in [1.29, 1.82) is 0 Å². The molecule has 4 heteroatoms. The van der Waals surface area contributed by atoms with Crippen LogP contribution in [0.3, 0.4) is 0 Å². The Labute approximate surface area is 191 Å². The largest absolute Gasteiger partial charge is 0.481 e. The van der Waals surface area contributed by atoms with Crippen molar-refractivity contribution in [3.63, 3.8) is 0 Å². The summed E-state index contributed by atoms with van der Waals surface area (Å²) in [5.74, 6) is -0.629. The Morgan fingerprint density at radius 2 is 1.53 bits per heavy atom. The number of benzene rings is 2. The monoisotopic (exact) mass is 428 g/mol. The average Bonchev–Trinajstić information content (AvgIpc) is 2.77. The molecule has 0 atom stereocenters. The first-order chi connectivity index (χ1) is 15.2. The van der Waals surface area contributed by atoms with Gasteiger partial charge in [0.2, 0.25) is 0 Å². The van der Waals surface area contributed by atoms with Gasteiger partial charge in [-0.15, -0.1) is 0 Å². The van der Waals surface area contributed by atoms with Crippen molar-refractivity contribution in [1.82, 2.24) is 0 Å². The van der Waals surface area contributed by atoms with Crippen molar-refractivity contribution in [3.05, 3.63) is 89.7 Å². The topological polar surface area (TPSA) is 61.7 Å². The lowest BCUT2D eigenvalue weighted by atomic mass is 9.96. The fourth-order valence-electron chi connectivity index (χ4n) is 3.60. The summed E-state index contributed by atoms with van der Waals surface area (Å²) in [5.41, 5.74) is 7.46. The van der Waals surface area contributed by atoms with Crippen LogP contribution in [0.5, 0.6) is 0 Å². The van der Waals surface area contributed by atoms with Gasteiger partial charge in [0.25, 0.3) is 0 Å². The zero-order valence-corrected chi connectivity index (χ0v) is 19.4. The molecule has 0 radical (unpaired) electrons. The fraction of sp³-hybridized carbons (Fsp3) is 0.214. The van der Waals surface area contributed by atoms with Crippen LogP contribution in [0.1, 0.15) is 62.3 Å². The lowest BCUT2D eigenvalue weighted by Crippen LogP contribution is -2.13. The van der Waals surface area contributed by atoms with Crippen molar-refractivity contribution in [3.8, 4) is 0 Å². The molecule has 32 heavy (non-hydrogen) atoms. The maximum Gasteiger partial charge on any atom is 0.307 e. The van der Waals surface area contributed by atoms with E-state index in [-0.39, 0.29) is 12.3 Å². The molecule has 0 spiro atoms. The number of hydrogen-bond donors (Lipinski definition) is 2. The second-order valence-electron chi connectivity index (χ2n) is 7.86. The van der Waals surface area contributed by atoms with Gasteiger partial charge in [-0.2, -0.15) is 0 Å². The molecule has 0 bridgehead atoms. The van der Waals surface area contributed by atoms with Crippen LogP contribution in [0.4, 0.5) is 11.4 Å². The Bertz CT molecular complexity index is 1080. The standard InChI is InChI=1S/C28H32N2O2/c1-8-21-13-11-14-22(9-2)27(21)29-19(6)25(17-26(31)32)20(7)30-28-23(10-3)15-12-16-24(28)18(4)5/h8-16,18,30H,1-3,17H2,4-7H3,(H,31,32)/b25-20-,29-19+. The highest BCUT2D eigenvalue weighted by Crippen LogP contribution is 2.32. The summed E-state index contributed by atoms with van der Waals surface area (Å²) in [6.07, 6.45) is 5.12. The molecular weight excluding hydrogens is 396 g/mol. The van der Waals surface area contributed by atoms with Crippen LogP contribution >= 0.6 is 0 Å². The number of aliphatic imine (C=N–C) groups is 1. The minimum absolute atomic E-state index is 0.152. The van der Waals surface area contributed by atoms with Crippen LogP contribution in [-0.2, 0) is 4.79 Å². The van der Waals surface area contributed by atoms with Gasteiger partial charge in [-0.3, -0.25) is 9.79 Å². The third-order valence-electron chi connectivity index (χ3n) is 5.32. The second kappa shape index (κ2) is 11.1. The summed E-state index contributed by atoms with van der Waals surface area (Å²) in [4.78, 5) is 16.5. The zero-order valence-electron chi connectivity index (χ0n) is 19.4. The smallest absolute Gasteiger partial charge is 0.307 e. The maximum absolute atomic E-state index is 11.7. The lowest BCUT2D eigenvalue weighted by Gasteiger charge is -2.20. The number of carbonyl (C=O) groups is 1. The van der Waals surface area contributed by atoms with Crippen LogP contribution in [0, 0.1) is 0 Å². The van der Waals surface area contributed by atoms with Crippen molar-refractivity contribution in [2.24, 2.45) is 4.99 Å². The number of nitrogens with one attached hydrogen (secondary N) is 1. The molecule has 0 aliphatic heterocycles. The highest BCUT2D eigenvalue weighted by atomic mass is 16.4. The molecule has 4 nitrogen and oxygen atoms in total. The van der Waals surface area contributed by atoms with E-state index in [1.807, 2.05) is 44.2 Å². The molecule has 0 aliphatic carbocycles. The average molecular weight is 429 g/mol. The number of rotatable bonds is 10. The first-order valence-corrected chi connectivity index (χ1v) is 10.6. The molecule has 2 N–H and O–H groups in total. The maximum atomic E-state index is 11.7. The van der Waals surface area contributed by atoms with Gasteiger partial charge in [0.1, 0.15) is 0 Å². The van der Waals surface area contributed by atoms with Gasteiger partial charge in [-0.1, -0.05) is 88.2 Å². The van der Waals surface area contributed by atoms with E-state index >= 15 is 0 Å². The third kappa shape index (κ3) is 5.73. The van der Waals surface area contributed by atoms with Crippen molar-refractivity contribution >= 4 is 41.3 Å². The van der Waals surface area contributed by atoms with E-state index in [2.05, 4.69) is 45.0 Å². The predicted octanol–water partition coefficient (Wildman–Crippen LogP) is 7.69. The number of anilines is 1. The molecule has 0 fully saturated rings. The molecule has 2 aromatic rings. The van der Waals surface area contributed by atoms with Crippen LogP contribution in [-0.4, -0.2) is 16.8 Å². The molecule has 0 saturated carbocycles. The number of aliphatic carboxylic acids is 1. The van der Waals surface area contributed by atoms with Gasteiger partial charge in [-0.05, 0) is 30.9 Å². The number of carboxylic acid groups (broad SMARTS) is 1. The highest BCUT2D eigenvalue weighted by molar-refractivity contribution is 6.04. The van der Waals surface area contributed by atoms with Crippen LogP contribution < -0.4 is 5.32 Å². The Kier molecular flexibility index (Phi) is 8.54. The van der Waals surface area contributed by atoms with E-state index in [0.29, 0.717) is 11.3 Å². The Morgan fingerprint density at radius 3 is 2.03 bits per heavy atom. The van der Waals surface area contributed by atoms with Gasteiger partial charge < -0.3 is 10.4 Å². The molecule has 0 saturated heterocycles. The van der Waals surface area contributed by atoms with Gasteiger partial charge >= 0.3 is 5.97 Å². The van der Waals surface area contributed by atoms with Crippen molar-refractivity contribution < 1.29 is 9.90 Å². The normalized spacial score (nSPS) is 12.2. The number of carboxylic acids is 1. The molecule has 166 valence electrons. The van der Waals surface area contributed by atoms with Crippen molar-refractivity contribution in [2.75, 3.05) is 5.32 Å². The minimum atomic E-state index is -0.919. The first kappa shape index (κ1) is 24.6. The number of para-hydroxylation sites is 2. The van der Waals surface area contributed by atoms with Gasteiger partial charge in [0, 0.05) is 33.8 Å². The molecule has 2 aromatic carbocycles. The minimum Gasteiger partial charge on any atom is -0.481 e. The first-order valence-electron chi connectivity index (χ1n) is 10.6. The SMILES string of the molecule is C=Cc1cccc(C=C)c1/N=C(C)/C(CC(=O)O)=C(/C)Nc1c(C=C)cccc1C(C)C. The van der Waals surface area contributed by atoms with Crippen LogP contribution in [0.25, 0.3) is 18.2 Å². The summed E-state index contributed by atoms with van der Waals surface area (Å²) in [6, 6.07) is 11.8. The van der Waals surface area contributed by atoms with E-state index < -0.39 is 5.97 Å². The van der Waals surface area contributed by atoms with Crippen LogP contribution in [0.2, 0.25) is 0 Å². The van der Waals surface area contributed by atoms with E-state index in [1.165, 1.54) is 0 Å². The quantitative estimate of drug-likeness (QED) is 0.381. The Hall–Kier alpha value is -3.66. The van der Waals surface area contributed by atoms with E-state index in [4.69, 9.17) is 4.99 Å². The zero-order chi connectivity index (χ0) is 23.8. The van der Waals surface area contributed by atoms with Gasteiger partial charge in [0.05, 0.1) is 12.1 Å². The van der Waals surface area contributed by atoms with Gasteiger partial charge in [0.15, 0.2) is 0 Å². The summed E-state index contributed by atoms with van der Waals surface area (Å²) in [6.45, 7) is 19.6. The fourth-order valence-corrected chi connectivity index (χ4v) is 3.60. The van der Waals surface area contributed by atoms with Crippen molar-refractivity contribution in [2.45, 2.75) is 40.0 Å².